The molecule has 0 saturated carbocycles. The van der Waals surface area contributed by atoms with Crippen molar-refractivity contribution < 1.29 is 28.9 Å². The van der Waals surface area contributed by atoms with E-state index in [2.05, 4.69) is 14.2 Å². The van der Waals surface area contributed by atoms with Gasteiger partial charge in [-0.3, -0.25) is 0 Å². The van der Waals surface area contributed by atoms with E-state index in [0.29, 0.717) is 0 Å². The molecule has 0 amide bonds. The van der Waals surface area contributed by atoms with Gasteiger partial charge in [-0.2, -0.15) is 9.90 Å². The van der Waals surface area contributed by atoms with Crippen LogP contribution in [-0.2, 0) is 19.3 Å². The molecule has 6 nitrogen and oxygen atoms in total. The van der Waals surface area contributed by atoms with Crippen molar-refractivity contribution >= 4 is 12.3 Å². The molecule has 0 unspecified atom stereocenters. The topological polar surface area (TPSA) is 81.7 Å². The number of hydrogen-bond donors (Lipinski definition) is 0. The molecule has 0 aromatic heterocycles. The Morgan fingerprint density at radius 2 is 1.71 bits per heavy atom. The summed E-state index contributed by atoms with van der Waals surface area (Å²) in [6, 6.07) is 0. The van der Waals surface area contributed by atoms with Crippen molar-refractivity contribution in [1.29, 1.82) is 0 Å². The van der Waals surface area contributed by atoms with Gasteiger partial charge in [0, 0.05) is 6.42 Å². The van der Waals surface area contributed by atoms with E-state index in [-0.39, 0.29) is 25.7 Å². The Morgan fingerprint density at radius 3 is 2.21 bits per heavy atom. The van der Waals surface area contributed by atoms with Gasteiger partial charge in [-0.15, -0.1) is 0 Å². The lowest BCUT2D eigenvalue weighted by Gasteiger charge is -2.07. The molecule has 0 aliphatic rings. The van der Waals surface area contributed by atoms with Crippen molar-refractivity contribution in [3.05, 3.63) is 0 Å². The van der Waals surface area contributed by atoms with Gasteiger partial charge >= 0.3 is 12.3 Å². The van der Waals surface area contributed by atoms with E-state index in [1.54, 1.807) is 13.8 Å². The summed E-state index contributed by atoms with van der Waals surface area (Å²) in [4.78, 5) is 20.5. The maximum atomic E-state index is 10.7. The zero-order chi connectivity index (χ0) is 11.0. The molecule has 6 heteroatoms. The van der Waals surface area contributed by atoms with Gasteiger partial charge in [0.2, 0.25) is 0 Å². The minimum atomic E-state index is -1.59. The van der Waals surface area contributed by atoms with E-state index in [1.165, 1.54) is 0 Å². The lowest BCUT2D eigenvalue weighted by atomic mass is 10.5. The summed E-state index contributed by atoms with van der Waals surface area (Å²) in [6.07, 6.45) is -2.31. The van der Waals surface area contributed by atoms with Gasteiger partial charge in [0.25, 0.3) is 0 Å². The summed E-state index contributed by atoms with van der Waals surface area (Å²) < 4.78 is 13.3. The zero-order valence-corrected chi connectivity index (χ0v) is 8.15. The molecule has 0 rings (SSSR count). The third-order valence-corrected chi connectivity index (χ3v) is 1.06. The molecule has 0 heterocycles. The van der Waals surface area contributed by atoms with Crippen LogP contribution < -0.4 is 0 Å². The normalized spacial score (nSPS) is 9.64. The van der Waals surface area contributed by atoms with E-state index in [9.17, 15) is 14.7 Å². The zero-order valence-electron chi connectivity index (χ0n) is 8.15. The van der Waals surface area contributed by atoms with Crippen molar-refractivity contribution in [2.45, 2.75) is 26.4 Å². The summed E-state index contributed by atoms with van der Waals surface area (Å²) in [5.74, 6) is 0. The first-order valence-electron chi connectivity index (χ1n) is 4.19. The molecule has 0 saturated heterocycles. The molecular weight excluding hydrogens is 192 g/mol. The van der Waals surface area contributed by atoms with Crippen LogP contribution in [0.5, 0.6) is 0 Å². The Bertz CT molecular complexity index is 188. The van der Waals surface area contributed by atoms with Gasteiger partial charge in [0.05, 0.1) is 19.3 Å². The Morgan fingerprint density at radius 1 is 1.14 bits per heavy atom. The lowest BCUT2D eigenvalue weighted by Crippen LogP contribution is -2.14. The van der Waals surface area contributed by atoms with Crippen LogP contribution in [0.2, 0.25) is 0 Å². The average Bonchev–Trinajstić information content (AvgIpc) is 2.01. The second kappa shape index (κ2) is 6.99. The molecule has 1 radical (unpaired) electrons. The SMILES string of the molecule is CC(C)OC(=O)OCCCOC([O])=O. The third-order valence-electron chi connectivity index (χ3n) is 1.06. The molecule has 0 bridgehead atoms. The van der Waals surface area contributed by atoms with Crippen LogP contribution in [0.15, 0.2) is 0 Å². The molecule has 0 aliphatic carbocycles. The highest BCUT2D eigenvalue weighted by atomic mass is 16.7. The maximum Gasteiger partial charge on any atom is 0.549 e. The molecule has 0 N–H and O–H groups in total. The third kappa shape index (κ3) is 8.63. The van der Waals surface area contributed by atoms with E-state index in [1.807, 2.05) is 0 Å². The van der Waals surface area contributed by atoms with Crippen LogP contribution in [0.1, 0.15) is 20.3 Å². The second-order valence-electron chi connectivity index (χ2n) is 2.72. The second-order valence-corrected chi connectivity index (χ2v) is 2.72. The van der Waals surface area contributed by atoms with Crippen molar-refractivity contribution in [1.82, 2.24) is 0 Å². The van der Waals surface area contributed by atoms with Gasteiger partial charge in [-0.1, -0.05) is 0 Å². The van der Waals surface area contributed by atoms with Gasteiger partial charge in [-0.05, 0) is 13.8 Å². The summed E-state index contributed by atoms with van der Waals surface area (Å²) in [5, 5.41) is 9.78. The van der Waals surface area contributed by atoms with Crippen molar-refractivity contribution in [2.75, 3.05) is 13.2 Å². The Balaban J connectivity index is 3.27. The number of carbonyl (C=O) groups excluding carboxylic acids is 2. The van der Waals surface area contributed by atoms with Gasteiger partial charge in [0.1, 0.15) is 0 Å². The standard InChI is InChI=1S/C8H13O6/c1-6(2)14-8(11)13-5-3-4-12-7(9)10/h6H,3-5H2,1-2H3. The summed E-state index contributed by atoms with van der Waals surface area (Å²) in [6.45, 7) is 3.39. The largest absolute Gasteiger partial charge is 0.549 e. The molecule has 81 valence electrons. The summed E-state index contributed by atoms with van der Waals surface area (Å²) in [7, 11) is 0. The van der Waals surface area contributed by atoms with E-state index >= 15 is 0 Å². The van der Waals surface area contributed by atoms with Crippen molar-refractivity contribution in [3.8, 4) is 0 Å². The fraction of sp³-hybridized carbons (Fsp3) is 0.750. The average molecular weight is 205 g/mol. The molecule has 0 fully saturated rings. The number of hydrogen-bond acceptors (Lipinski definition) is 5. The van der Waals surface area contributed by atoms with Crippen LogP contribution in [0.25, 0.3) is 0 Å². The quantitative estimate of drug-likeness (QED) is 0.501. The van der Waals surface area contributed by atoms with Crippen LogP contribution in [-0.4, -0.2) is 31.6 Å². The Hall–Kier alpha value is -1.46. The summed E-state index contributed by atoms with van der Waals surface area (Å²) in [5.41, 5.74) is 0. The van der Waals surface area contributed by atoms with Gasteiger partial charge in [-0.25, -0.2) is 4.79 Å². The molecule has 0 atom stereocenters. The summed E-state index contributed by atoms with van der Waals surface area (Å²) >= 11 is 0. The van der Waals surface area contributed by atoms with E-state index in [4.69, 9.17) is 0 Å². The number of ether oxygens (including phenoxy) is 3. The lowest BCUT2D eigenvalue weighted by molar-refractivity contribution is 0.0268. The van der Waals surface area contributed by atoms with Gasteiger partial charge in [0.15, 0.2) is 0 Å². The highest BCUT2D eigenvalue weighted by Gasteiger charge is 2.06. The first kappa shape index (κ1) is 12.5. The van der Waals surface area contributed by atoms with Crippen LogP contribution >= 0.6 is 0 Å². The molecular formula is C8H13O6. The molecule has 0 aromatic rings. The predicted octanol–water partition coefficient (Wildman–Crippen LogP) is 1.51. The van der Waals surface area contributed by atoms with Crippen LogP contribution in [0.4, 0.5) is 9.59 Å². The molecule has 0 aliphatic heterocycles. The minimum Gasteiger partial charge on any atom is -0.434 e. The minimum absolute atomic E-state index is 0.0544. The Labute approximate surface area is 81.8 Å². The first-order chi connectivity index (χ1) is 6.52. The first-order valence-corrected chi connectivity index (χ1v) is 4.19. The number of carbonyl (C=O) groups is 2. The highest BCUT2D eigenvalue weighted by molar-refractivity contribution is 5.60. The monoisotopic (exact) mass is 205 g/mol. The molecule has 0 spiro atoms. The van der Waals surface area contributed by atoms with Crippen LogP contribution in [0.3, 0.4) is 0 Å². The van der Waals surface area contributed by atoms with Crippen molar-refractivity contribution in [2.24, 2.45) is 0 Å². The van der Waals surface area contributed by atoms with Crippen LogP contribution in [0, 0.1) is 0 Å². The number of rotatable bonds is 5. The fourth-order valence-corrected chi connectivity index (χ4v) is 0.596. The highest BCUT2D eigenvalue weighted by Crippen LogP contribution is 1.94. The van der Waals surface area contributed by atoms with E-state index < -0.39 is 12.3 Å². The molecule has 0 aromatic carbocycles. The fourth-order valence-electron chi connectivity index (χ4n) is 0.596. The smallest absolute Gasteiger partial charge is 0.434 e. The van der Waals surface area contributed by atoms with Gasteiger partial charge < -0.3 is 14.2 Å². The predicted molar refractivity (Wildman–Crippen MR) is 44.2 cm³/mol. The Kier molecular flexibility index (Phi) is 6.26. The van der Waals surface area contributed by atoms with E-state index in [0.717, 1.165) is 0 Å². The van der Waals surface area contributed by atoms with Crippen molar-refractivity contribution in [3.63, 3.8) is 0 Å². The maximum absolute atomic E-state index is 10.7. The molecule has 14 heavy (non-hydrogen) atoms.